The molecule has 0 fully saturated rings. The van der Waals surface area contributed by atoms with Gasteiger partial charge in [-0.25, -0.2) is 9.78 Å². The topological polar surface area (TPSA) is 110 Å². The summed E-state index contributed by atoms with van der Waals surface area (Å²) in [6.45, 7) is 6.05. The zero-order valence-electron chi connectivity index (χ0n) is 20.3. The lowest BCUT2D eigenvalue weighted by Gasteiger charge is -2.30. The Kier molecular flexibility index (Phi) is 7.10. The number of para-hydroxylation sites is 2. The first-order chi connectivity index (χ1) is 17.3. The van der Waals surface area contributed by atoms with Crippen LogP contribution in [0.4, 0.5) is 16.2 Å². The molecule has 184 valence electrons. The van der Waals surface area contributed by atoms with E-state index in [9.17, 15) is 19.7 Å². The van der Waals surface area contributed by atoms with Gasteiger partial charge in [0.05, 0.1) is 27.6 Å². The Morgan fingerprint density at radius 2 is 1.72 bits per heavy atom. The quantitative estimate of drug-likeness (QED) is 0.276. The van der Waals surface area contributed by atoms with E-state index >= 15 is 0 Å². The summed E-state index contributed by atoms with van der Waals surface area (Å²) in [5.41, 5.74) is 2.45. The number of aryl methyl sites for hydroxylation is 1. The van der Waals surface area contributed by atoms with E-state index in [0.29, 0.717) is 29.0 Å². The standard InChI is InChI=1S/C27H27N5O4/c1-4-19-10-6-9-13-24(19)31-25(29-23-12-8-7-11-22(23)26(31)33)18(3)30(5-2)27(34)28-20-14-16-21(17-15-20)32(35)36/h6-18H,4-5H2,1-3H3,(H,28,34). The second kappa shape index (κ2) is 10.4. The van der Waals surface area contributed by atoms with E-state index in [4.69, 9.17) is 4.98 Å². The van der Waals surface area contributed by atoms with Gasteiger partial charge in [0.2, 0.25) is 0 Å². The third kappa shape index (κ3) is 4.68. The Morgan fingerprint density at radius 3 is 2.39 bits per heavy atom. The van der Waals surface area contributed by atoms with Crippen molar-refractivity contribution in [1.29, 1.82) is 0 Å². The Bertz CT molecular complexity index is 1480. The number of rotatable bonds is 7. The molecule has 1 unspecified atom stereocenters. The van der Waals surface area contributed by atoms with Crippen LogP contribution in [-0.2, 0) is 6.42 Å². The summed E-state index contributed by atoms with van der Waals surface area (Å²) in [5.74, 6) is 0.445. The van der Waals surface area contributed by atoms with E-state index in [1.54, 1.807) is 27.7 Å². The third-order valence-electron chi connectivity index (χ3n) is 6.19. The average molecular weight is 486 g/mol. The van der Waals surface area contributed by atoms with Gasteiger partial charge in [0.25, 0.3) is 11.2 Å². The van der Waals surface area contributed by atoms with E-state index in [1.807, 2.05) is 51.1 Å². The first-order valence-electron chi connectivity index (χ1n) is 11.8. The van der Waals surface area contributed by atoms with E-state index < -0.39 is 17.0 Å². The minimum absolute atomic E-state index is 0.0623. The molecule has 0 aliphatic heterocycles. The molecule has 1 atom stereocenters. The number of urea groups is 1. The number of aromatic nitrogens is 2. The highest BCUT2D eigenvalue weighted by molar-refractivity contribution is 5.89. The number of anilines is 1. The molecule has 9 nitrogen and oxygen atoms in total. The van der Waals surface area contributed by atoms with Crippen molar-refractivity contribution in [2.24, 2.45) is 0 Å². The van der Waals surface area contributed by atoms with Crippen molar-refractivity contribution in [2.45, 2.75) is 33.2 Å². The normalized spacial score (nSPS) is 11.8. The lowest BCUT2D eigenvalue weighted by atomic mass is 10.1. The van der Waals surface area contributed by atoms with Gasteiger partial charge in [-0.3, -0.25) is 19.5 Å². The first kappa shape index (κ1) is 24.6. The van der Waals surface area contributed by atoms with E-state index in [1.165, 1.54) is 24.3 Å². The molecule has 2 amide bonds. The molecule has 3 aromatic carbocycles. The lowest BCUT2D eigenvalue weighted by Crippen LogP contribution is -2.39. The fourth-order valence-electron chi connectivity index (χ4n) is 4.29. The highest BCUT2D eigenvalue weighted by atomic mass is 16.6. The van der Waals surface area contributed by atoms with Crippen molar-refractivity contribution in [2.75, 3.05) is 11.9 Å². The molecule has 0 saturated carbocycles. The first-order valence-corrected chi connectivity index (χ1v) is 11.8. The van der Waals surface area contributed by atoms with Gasteiger partial charge in [-0.15, -0.1) is 0 Å². The van der Waals surface area contributed by atoms with Gasteiger partial charge in [-0.2, -0.15) is 0 Å². The molecule has 1 heterocycles. The summed E-state index contributed by atoms with van der Waals surface area (Å²) >= 11 is 0. The van der Waals surface area contributed by atoms with Gasteiger partial charge in [-0.1, -0.05) is 37.3 Å². The predicted octanol–water partition coefficient (Wildman–Crippen LogP) is 5.47. The SMILES string of the molecule is CCc1ccccc1-n1c(C(C)N(CC)C(=O)Nc2ccc([N+](=O)[O-])cc2)nc2ccccc2c1=O. The molecular formula is C27H27N5O4. The number of nitrogens with one attached hydrogen (secondary N) is 1. The van der Waals surface area contributed by atoms with Crippen LogP contribution in [0, 0.1) is 10.1 Å². The molecule has 0 aliphatic carbocycles. The number of nitro groups is 1. The predicted molar refractivity (Wildman–Crippen MR) is 140 cm³/mol. The van der Waals surface area contributed by atoms with Crippen molar-refractivity contribution in [3.63, 3.8) is 0 Å². The van der Waals surface area contributed by atoms with Crippen molar-refractivity contribution < 1.29 is 9.72 Å². The van der Waals surface area contributed by atoms with Gasteiger partial charge in [0, 0.05) is 24.4 Å². The van der Waals surface area contributed by atoms with Crippen LogP contribution < -0.4 is 10.9 Å². The van der Waals surface area contributed by atoms with Crippen LogP contribution in [-0.4, -0.2) is 32.0 Å². The monoisotopic (exact) mass is 485 g/mol. The van der Waals surface area contributed by atoms with Crippen LogP contribution in [0.1, 0.15) is 38.2 Å². The van der Waals surface area contributed by atoms with Crippen LogP contribution >= 0.6 is 0 Å². The van der Waals surface area contributed by atoms with Crippen molar-refractivity contribution in [1.82, 2.24) is 14.5 Å². The number of benzene rings is 3. The zero-order chi connectivity index (χ0) is 25.8. The fraction of sp³-hybridized carbons (Fsp3) is 0.222. The molecule has 0 bridgehead atoms. The third-order valence-corrected chi connectivity index (χ3v) is 6.19. The number of carbonyl (C=O) groups is 1. The molecule has 0 aliphatic rings. The molecule has 1 aromatic heterocycles. The largest absolute Gasteiger partial charge is 0.322 e. The Hall–Kier alpha value is -4.53. The summed E-state index contributed by atoms with van der Waals surface area (Å²) in [4.78, 5) is 43.8. The van der Waals surface area contributed by atoms with Crippen molar-refractivity contribution >= 4 is 28.3 Å². The number of hydrogen-bond acceptors (Lipinski definition) is 5. The molecule has 36 heavy (non-hydrogen) atoms. The summed E-state index contributed by atoms with van der Waals surface area (Å²) < 4.78 is 1.60. The van der Waals surface area contributed by atoms with E-state index in [0.717, 1.165) is 17.7 Å². The van der Waals surface area contributed by atoms with E-state index in [2.05, 4.69) is 5.32 Å². The maximum absolute atomic E-state index is 13.7. The van der Waals surface area contributed by atoms with Crippen LogP contribution in [0.25, 0.3) is 16.6 Å². The number of fused-ring (bicyclic) bond motifs is 1. The smallest absolute Gasteiger partial charge is 0.315 e. The highest BCUT2D eigenvalue weighted by Gasteiger charge is 2.26. The molecule has 0 radical (unpaired) electrons. The zero-order valence-corrected chi connectivity index (χ0v) is 20.3. The van der Waals surface area contributed by atoms with Crippen molar-refractivity contribution in [3.8, 4) is 5.69 Å². The lowest BCUT2D eigenvalue weighted by molar-refractivity contribution is -0.384. The molecule has 0 spiro atoms. The van der Waals surface area contributed by atoms with Gasteiger partial charge in [0.15, 0.2) is 0 Å². The van der Waals surface area contributed by atoms with Gasteiger partial charge >= 0.3 is 6.03 Å². The number of amides is 2. The van der Waals surface area contributed by atoms with Gasteiger partial charge in [-0.05, 0) is 56.2 Å². The summed E-state index contributed by atoms with van der Waals surface area (Å²) in [6, 6.07) is 19.5. The summed E-state index contributed by atoms with van der Waals surface area (Å²) in [5, 5.41) is 14.2. The van der Waals surface area contributed by atoms with Crippen LogP contribution in [0.3, 0.4) is 0 Å². The molecular weight excluding hydrogens is 458 g/mol. The second-order valence-corrected chi connectivity index (χ2v) is 8.31. The minimum Gasteiger partial charge on any atom is -0.315 e. The number of carbonyl (C=O) groups excluding carboxylic acids is 1. The number of non-ortho nitro benzene ring substituents is 1. The molecule has 0 saturated heterocycles. The molecule has 9 heteroatoms. The molecule has 4 rings (SSSR count). The summed E-state index contributed by atoms with van der Waals surface area (Å²) in [6.07, 6.45) is 0.724. The summed E-state index contributed by atoms with van der Waals surface area (Å²) in [7, 11) is 0. The van der Waals surface area contributed by atoms with Crippen LogP contribution in [0.2, 0.25) is 0 Å². The van der Waals surface area contributed by atoms with E-state index in [-0.39, 0.29) is 11.2 Å². The van der Waals surface area contributed by atoms with Gasteiger partial charge < -0.3 is 10.2 Å². The minimum atomic E-state index is -0.560. The second-order valence-electron chi connectivity index (χ2n) is 8.31. The van der Waals surface area contributed by atoms with Crippen LogP contribution in [0.15, 0.2) is 77.6 Å². The fourth-order valence-corrected chi connectivity index (χ4v) is 4.29. The van der Waals surface area contributed by atoms with Crippen LogP contribution in [0.5, 0.6) is 0 Å². The van der Waals surface area contributed by atoms with Gasteiger partial charge in [0.1, 0.15) is 5.82 Å². The maximum atomic E-state index is 13.7. The molecule has 1 N–H and O–H groups in total. The van der Waals surface area contributed by atoms with Crippen molar-refractivity contribution in [3.05, 3.63) is 105 Å². The molecule has 4 aromatic rings. The number of nitrogens with zero attached hydrogens (tertiary/aromatic N) is 4. The Labute approximate surface area is 208 Å². The number of hydrogen-bond donors (Lipinski definition) is 1. The highest BCUT2D eigenvalue weighted by Crippen LogP contribution is 2.25. The maximum Gasteiger partial charge on any atom is 0.322 e. The Balaban J connectivity index is 1.79. The Morgan fingerprint density at radius 1 is 1.06 bits per heavy atom. The number of nitro benzene ring substituents is 1. The average Bonchev–Trinajstić information content (AvgIpc) is 2.89.